The lowest BCUT2D eigenvalue weighted by molar-refractivity contribution is 1.02. The second-order valence-corrected chi connectivity index (χ2v) is 4.74. The molecule has 0 amide bonds. The Labute approximate surface area is 108 Å². The van der Waals surface area contributed by atoms with Crippen LogP contribution in [0.15, 0.2) is 28.3 Å². The second kappa shape index (κ2) is 4.77. The number of nitrogens with two attached hydrogens (primary N) is 2. The molecule has 0 bridgehead atoms. The van der Waals surface area contributed by atoms with Crippen LogP contribution in [-0.4, -0.2) is 15.0 Å². The number of halogens is 1. The lowest BCUT2D eigenvalue weighted by atomic mass is 10.5. The summed E-state index contributed by atoms with van der Waals surface area (Å²) in [4.78, 5) is 13.6. The van der Waals surface area contributed by atoms with Crippen molar-refractivity contribution in [3.05, 3.63) is 29.3 Å². The molecule has 0 aliphatic heterocycles. The van der Waals surface area contributed by atoms with E-state index >= 15 is 0 Å². The van der Waals surface area contributed by atoms with Gasteiger partial charge in [0.25, 0.3) is 0 Å². The summed E-state index contributed by atoms with van der Waals surface area (Å²) in [7, 11) is 0. The van der Waals surface area contributed by atoms with E-state index in [0.717, 1.165) is 9.79 Å². The number of anilines is 2. The molecule has 2 rings (SSSR count). The fourth-order valence-electron chi connectivity index (χ4n) is 1.19. The molecule has 5 nitrogen and oxygen atoms in total. The first-order valence-corrected chi connectivity index (χ1v) is 5.94. The minimum absolute atomic E-state index is 0.295. The van der Waals surface area contributed by atoms with E-state index in [2.05, 4.69) is 15.0 Å². The monoisotopic (exact) mass is 267 g/mol. The molecule has 0 saturated heterocycles. The third-order valence-electron chi connectivity index (χ3n) is 2.00. The molecule has 2 aromatic rings. The van der Waals surface area contributed by atoms with Gasteiger partial charge in [-0.25, -0.2) is 15.0 Å². The standard InChI is InChI=1S/C10H10ClN5S/c1-5-15-4-7(9(12)16-5)17-6-2-3-14-10(13)8(6)11/h2-4H,1H3,(H2,13,14)(H2,12,15,16). The van der Waals surface area contributed by atoms with Crippen LogP contribution in [-0.2, 0) is 0 Å². The summed E-state index contributed by atoms with van der Waals surface area (Å²) in [6.07, 6.45) is 3.25. The molecule has 0 aliphatic rings. The van der Waals surface area contributed by atoms with Crippen molar-refractivity contribution in [1.82, 2.24) is 15.0 Å². The van der Waals surface area contributed by atoms with Crippen molar-refractivity contribution in [2.75, 3.05) is 11.5 Å². The van der Waals surface area contributed by atoms with E-state index < -0.39 is 0 Å². The number of aromatic nitrogens is 3. The van der Waals surface area contributed by atoms with E-state index in [1.165, 1.54) is 11.8 Å². The molecule has 2 heterocycles. The van der Waals surface area contributed by atoms with Gasteiger partial charge in [0.15, 0.2) is 0 Å². The third-order valence-corrected chi connectivity index (χ3v) is 3.61. The van der Waals surface area contributed by atoms with Gasteiger partial charge in [-0.3, -0.25) is 0 Å². The molecule has 0 radical (unpaired) electrons. The summed E-state index contributed by atoms with van der Waals surface area (Å²) in [5, 5.41) is 0.414. The molecule has 7 heteroatoms. The van der Waals surface area contributed by atoms with Gasteiger partial charge in [0.05, 0.1) is 9.92 Å². The van der Waals surface area contributed by atoms with Crippen LogP contribution in [0.4, 0.5) is 11.6 Å². The lowest BCUT2D eigenvalue weighted by Crippen LogP contribution is -1.98. The number of nitrogens with zero attached hydrogens (tertiary/aromatic N) is 3. The SMILES string of the molecule is Cc1ncc(Sc2ccnc(N)c2Cl)c(N)n1. The van der Waals surface area contributed by atoms with Gasteiger partial charge in [-0.15, -0.1) is 0 Å². The maximum Gasteiger partial charge on any atom is 0.143 e. The van der Waals surface area contributed by atoms with Gasteiger partial charge >= 0.3 is 0 Å². The summed E-state index contributed by atoms with van der Waals surface area (Å²) in [6, 6.07) is 1.77. The molecular formula is C10H10ClN5S. The van der Waals surface area contributed by atoms with Crippen molar-refractivity contribution in [1.29, 1.82) is 0 Å². The minimum Gasteiger partial charge on any atom is -0.383 e. The first-order chi connectivity index (χ1) is 8.08. The van der Waals surface area contributed by atoms with Crippen LogP contribution < -0.4 is 11.5 Å². The molecule has 0 atom stereocenters. The highest BCUT2D eigenvalue weighted by Gasteiger charge is 2.09. The molecule has 0 aliphatic carbocycles. The highest BCUT2D eigenvalue weighted by molar-refractivity contribution is 7.99. The molecule has 88 valence electrons. The first kappa shape index (κ1) is 11.9. The van der Waals surface area contributed by atoms with Crippen molar-refractivity contribution in [3.63, 3.8) is 0 Å². The van der Waals surface area contributed by atoms with Gasteiger partial charge in [-0.05, 0) is 13.0 Å². The fraction of sp³-hybridized carbons (Fsp3) is 0.100. The average Bonchev–Trinajstić information content (AvgIpc) is 2.28. The highest BCUT2D eigenvalue weighted by Crippen LogP contribution is 2.36. The summed E-state index contributed by atoms with van der Waals surface area (Å²) >= 11 is 7.40. The van der Waals surface area contributed by atoms with Crippen LogP contribution >= 0.6 is 23.4 Å². The molecule has 0 aromatic carbocycles. The second-order valence-electron chi connectivity index (χ2n) is 3.28. The largest absolute Gasteiger partial charge is 0.383 e. The van der Waals surface area contributed by atoms with Crippen molar-refractivity contribution in [2.24, 2.45) is 0 Å². The maximum absolute atomic E-state index is 6.04. The van der Waals surface area contributed by atoms with Gasteiger partial charge in [0, 0.05) is 17.3 Å². The van der Waals surface area contributed by atoms with E-state index in [0.29, 0.717) is 22.5 Å². The topological polar surface area (TPSA) is 90.7 Å². The van der Waals surface area contributed by atoms with Crippen LogP contribution in [0.25, 0.3) is 0 Å². The number of nitrogen functional groups attached to an aromatic ring is 2. The van der Waals surface area contributed by atoms with Crippen molar-refractivity contribution in [3.8, 4) is 0 Å². The van der Waals surface area contributed by atoms with E-state index in [9.17, 15) is 0 Å². The Morgan fingerprint density at radius 1 is 1.18 bits per heavy atom. The molecule has 0 saturated carbocycles. The number of hydrogen-bond donors (Lipinski definition) is 2. The van der Waals surface area contributed by atoms with Crippen molar-refractivity contribution in [2.45, 2.75) is 16.7 Å². The van der Waals surface area contributed by atoms with E-state index in [1.807, 2.05) is 0 Å². The summed E-state index contributed by atoms with van der Waals surface area (Å²) < 4.78 is 0. The zero-order valence-electron chi connectivity index (χ0n) is 9.01. The quantitative estimate of drug-likeness (QED) is 0.866. The van der Waals surface area contributed by atoms with Gasteiger partial charge in [-0.2, -0.15) is 0 Å². The number of pyridine rings is 1. The fourth-order valence-corrected chi connectivity index (χ4v) is 2.24. The van der Waals surface area contributed by atoms with Gasteiger partial charge in [0.1, 0.15) is 17.5 Å². The molecule has 0 fully saturated rings. The van der Waals surface area contributed by atoms with Crippen LogP contribution in [0.2, 0.25) is 5.02 Å². The van der Waals surface area contributed by atoms with Crippen molar-refractivity contribution < 1.29 is 0 Å². The Hall–Kier alpha value is -1.53. The van der Waals surface area contributed by atoms with E-state index in [-0.39, 0.29) is 0 Å². The van der Waals surface area contributed by atoms with E-state index in [4.69, 9.17) is 23.1 Å². The maximum atomic E-state index is 6.04. The molecular weight excluding hydrogens is 258 g/mol. The minimum atomic E-state index is 0.295. The predicted molar refractivity (Wildman–Crippen MR) is 69.0 cm³/mol. The van der Waals surface area contributed by atoms with Crippen LogP contribution in [0.3, 0.4) is 0 Å². The summed E-state index contributed by atoms with van der Waals surface area (Å²) in [6.45, 7) is 1.78. The van der Waals surface area contributed by atoms with Gasteiger partial charge in [0.2, 0.25) is 0 Å². The molecule has 0 unspecified atom stereocenters. The number of aryl methyl sites for hydroxylation is 1. The Balaban J connectivity index is 2.35. The molecule has 2 aromatic heterocycles. The van der Waals surface area contributed by atoms with E-state index in [1.54, 1.807) is 25.4 Å². The van der Waals surface area contributed by atoms with Crippen LogP contribution in [0.1, 0.15) is 5.82 Å². The Morgan fingerprint density at radius 3 is 2.65 bits per heavy atom. The van der Waals surface area contributed by atoms with Crippen molar-refractivity contribution >= 4 is 35.0 Å². The normalized spacial score (nSPS) is 10.5. The Bertz CT molecular complexity index is 560. The summed E-state index contributed by atoms with van der Waals surface area (Å²) in [5.74, 6) is 1.35. The molecule has 0 spiro atoms. The smallest absolute Gasteiger partial charge is 0.143 e. The Kier molecular flexibility index (Phi) is 3.35. The zero-order chi connectivity index (χ0) is 12.4. The summed E-state index contributed by atoms with van der Waals surface area (Å²) in [5.41, 5.74) is 11.4. The number of hydrogen-bond acceptors (Lipinski definition) is 6. The predicted octanol–water partition coefficient (Wildman–Crippen LogP) is 2.15. The molecule has 17 heavy (non-hydrogen) atoms. The lowest BCUT2D eigenvalue weighted by Gasteiger charge is -2.07. The van der Waals surface area contributed by atoms with Gasteiger partial charge in [-0.1, -0.05) is 23.4 Å². The van der Waals surface area contributed by atoms with Gasteiger partial charge < -0.3 is 11.5 Å². The molecule has 4 N–H and O–H groups in total. The Morgan fingerprint density at radius 2 is 1.94 bits per heavy atom. The highest BCUT2D eigenvalue weighted by atomic mass is 35.5. The average molecular weight is 268 g/mol. The first-order valence-electron chi connectivity index (χ1n) is 4.75. The number of rotatable bonds is 2. The van der Waals surface area contributed by atoms with Crippen LogP contribution in [0.5, 0.6) is 0 Å². The third kappa shape index (κ3) is 2.59. The van der Waals surface area contributed by atoms with Crippen LogP contribution in [0, 0.1) is 6.92 Å². The zero-order valence-corrected chi connectivity index (χ0v) is 10.6.